The van der Waals surface area contributed by atoms with Crippen molar-refractivity contribution in [2.24, 2.45) is 5.92 Å². The number of nitrogens with one attached hydrogen (secondary N) is 1. The van der Waals surface area contributed by atoms with E-state index in [1.54, 1.807) is 7.11 Å². The lowest BCUT2D eigenvalue weighted by Crippen LogP contribution is -2.29. The van der Waals surface area contributed by atoms with Crippen LogP contribution in [-0.2, 0) is 0 Å². The first-order valence-electron chi connectivity index (χ1n) is 6.17. The summed E-state index contributed by atoms with van der Waals surface area (Å²) in [5.74, 6) is 1.88. The van der Waals surface area contributed by atoms with Gasteiger partial charge in [0, 0.05) is 11.6 Å². The smallest absolute Gasteiger partial charge is 0.123 e. The van der Waals surface area contributed by atoms with E-state index in [2.05, 4.69) is 24.4 Å². The van der Waals surface area contributed by atoms with Gasteiger partial charge in [0.05, 0.1) is 7.11 Å². The van der Waals surface area contributed by atoms with Crippen LogP contribution in [0.5, 0.6) is 5.75 Å². The summed E-state index contributed by atoms with van der Waals surface area (Å²) in [7, 11) is 1.73. The van der Waals surface area contributed by atoms with Crippen LogP contribution in [0.3, 0.4) is 0 Å². The van der Waals surface area contributed by atoms with Crippen molar-refractivity contribution in [3.8, 4) is 5.75 Å². The molecular formula is C14H21NO. The minimum Gasteiger partial charge on any atom is -0.496 e. The molecule has 2 heteroatoms. The molecule has 16 heavy (non-hydrogen) atoms. The zero-order valence-corrected chi connectivity index (χ0v) is 10.2. The first-order valence-corrected chi connectivity index (χ1v) is 6.17. The molecule has 1 aromatic carbocycles. The minimum absolute atomic E-state index is 0.372. The zero-order valence-electron chi connectivity index (χ0n) is 10.2. The van der Waals surface area contributed by atoms with Crippen molar-refractivity contribution in [2.45, 2.75) is 32.2 Å². The molecule has 0 amide bonds. The lowest BCUT2D eigenvalue weighted by Gasteiger charge is -2.27. The third-order valence-corrected chi connectivity index (χ3v) is 3.54. The van der Waals surface area contributed by atoms with E-state index >= 15 is 0 Å². The van der Waals surface area contributed by atoms with Crippen molar-refractivity contribution in [1.29, 1.82) is 0 Å². The second-order valence-electron chi connectivity index (χ2n) is 4.67. The van der Waals surface area contributed by atoms with E-state index in [4.69, 9.17) is 4.74 Å². The van der Waals surface area contributed by atoms with Crippen LogP contribution in [0.1, 0.15) is 37.8 Å². The van der Waals surface area contributed by atoms with Gasteiger partial charge in [-0.1, -0.05) is 24.6 Å². The number of rotatable bonds is 5. The highest BCUT2D eigenvalue weighted by atomic mass is 16.5. The van der Waals surface area contributed by atoms with Gasteiger partial charge < -0.3 is 10.1 Å². The number of para-hydroxylation sites is 1. The van der Waals surface area contributed by atoms with Crippen LogP contribution in [0.15, 0.2) is 24.3 Å². The van der Waals surface area contributed by atoms with E-state index in [1.165, 1.54) is 24.8 Å². The van der Waals surface area contributed by atoms with Gasteiger partial charge in [-0.05, 0) is 38.3 Å². The average molecular weight is 219 g/mol. The molecule has 1 atom stereocenters. The number of methoxy groups -OCH3 is 1. The Morgan fingerprint density at radius 3 is 2.75 bits per heavy atom. The Kier molecular flexibility index (Phi) is 3.83. The molecule has 0 bridgehead atoms. The Hall–Kier alpha value is -1.02. The van der Waals surface area contributed by atoms with Gasteiger partial charge in [0.2, 0.25) is 0 Å². The van der Waals surface area contributed by atoms with E-state index < -0.39 is 0 Å². The maximum absolute atomic E-state index is 5.37. The Labute approximate surface area is 98.0 Å². The van der Waals surface area contributed by atoms with E-state index in [0.717, 1.165) is 18.2 Å². The highest BCUT2D eigenvalue weighted by Gasteiger charge is 2.18. The van der Waals surface area contributed by atoms with Gasteiger partial charge in [0.1, 0.15) is 5.75 Å². The van der Waals surface area contributed by atoms with E-state index in [-0.39, 0.29) is 0 Å². The Morgan fingerprint density at radius 2 is 2.12 bits per heavy atom. The molecule has 2 rings (SSSR count). The molecule has 1 N–H and O–H groups in total. The lowest BCUT2D eigenvalue weighted by molar-refractivity contribution is 0.291. The molecule has 1 aliphatic carbocycles. The number of hydrogen-bond acceptors (Lipinski definition) is 2. The molecule has 1 unspecified atom stereocenters. The van der Waals surface area contributed by atoms with Crippen molar-refractivity contribution in [3.05, 3.63) is 29.8 Å². The quantitative estimate of drug-likeness (QED) is 0.821. The van der Waals surface area contributed by atoms with Crippen molar-refractivity contribution >= 4 is 0 Å². The number of ether oxygens (including phenoxy) is 1. The van der Waals surface area contributed by atoms with Crippen molar-refractivity contribution in [2.75, 3.05) is 13.7 Å². The van der Waals surface area contributed by atoms with Gasteiger partial charge in [-0.25, -0.2) is 0 Å². The zero-order chi connectivity index (χ0) is 11.4. The minimum atomic E-state index is 0.372. The SMILES string of the molecule is COc1ccccc1C(C)NCC1CCC1. The largest absolute Gasteiger partial charge is 0.496 e. The molecule has 0 spiro atoms. The summed E-state index contributed by atoms with van der Waals surface area (Å²) in [6.45, 7) is 3.34. The molecule has 2 nitrogen and oxygen atoms in total. The summed E-state index contributed by atoms with van der Waals surface area (Å²) in [6.07, 6.45) is 4.20. The topological polar surface area (TPSA) is 21.3 Å². The van der Waals surface area contributed by atoms with Crippen LogP contribution in [0, 0.1) is 5.92 Å². The van der Waals surface area contributed by atoms with Crippen LogP contribution >= 0.6 is 0 Å². The lowest BCUT2D eigenvalue weighted by atomic mass is 9.85. The van der Waals surface area contributed by atoms with Gasteiger partial charge in [-0.2, -0.15) is 0 Å². The number of benzene rings is 1. The van der Waals surface area contributed by atoms with Crippen molar-refractivity contribution < 1.29 is 4.74 Å². The fourth-order valence-corrected chi connectivity index (χ4v) is 2.17. The third kappa shape index (κ3) is 2.56. The molecule has 1 fully saturated rings. The van der Waals surface area contributed by atoms with Crippen molar-refractivity contribution in [3.63, 3.8) is 0 Å². The fraction of sp³-hybridized carbons (Fsp3) is 0.571. The maximum atomic E-state index is 5.37. The van der Waals surface area contributed by atoms with Gasteiger partial charge in [-0.3, -0.25) is 0 Å². The summed E-state index contributed by atoms with van der Waals surface area (Å²) in [6, 6.07) is 8.62. The van der Waals surface area contributed by atoms with Gasteiger partial charge >= 0.3 is 0 Å². The molecule has 88 valence electrons. The molecule has 1 saturated carbocycles. The normalized spacial score (nSPS) is 17.9. The molecule has 0 saturated heterocycles. The fourth-order valence-electron chi connectivity index (χ4n) is 2.17. The number of hydrogen-bond donors (Lipinski definition) is 1. The maximum Gasteiger partial charge on any atom is 0.123 e. The monoisotopic (exact) mass is 219 g/mol. The summed E-state index contributed by atoms with van der Waals surface area (Å²) in [4.78, 5) is 0. The highest BCUT2D eigenvalue weighted by molar-refractivity contribution is 5.35. The molecule has 0 radical (unpaired) electrons. The predicted octanol–water partition coefficient (Wildman–Crippen LogP) is 3.15. The molecule has 1 aromatic rings. The second-order valence-corrected chi connectivity index (χ2v) is 4.67. The van der Waals surface area contributed by atoms with Gasteiger partial charge in [0.25, 0.3) is 0 Å². The first-order chi connectivity index (χ1) is 7.81. The Morgan fingerprint density at radius 1 is 1.38 bits per heavy atom. The summed E-state index contributed by atoms with van der Waals surface area (Å²) >= 11 is 0. The Balaban J connectivity index is 1.93. The van der Waals surface area contributed by atoms with Crippen LogP contribution in [0.4, 0.5) is 0 Å². The van der Waals surface area contributed by atoms with E-state index in [9.17, 15) is 0 Å². The van der Waals surface area contributed by atoms with Gasteiger partial charge in [0.15, 0.2) is 0 Å². The molecule has 0 aromatic heterocycles. The first kappa shape index (κ1) is 11.5. The molecular weight excluding hydrogens is 198 g/mol. The van der Waals surface area contributed by atoms with Crippen molar-refractivity contribution in [1.82, 2.24) is 5.32 Å². The highest BCUT2D eigenvalue weighted by Crippen LogP contribution is 2.28. The second kappa shape index (κ2) is 5.35. The third-order valence-electron chi connectivity index (χ3n) is 3.54. The van der Waals surface area contributed by atoms with E-state index in [0.29, 0.717) is 6.04 Å². The summed E-state index contributed by atoms with van der Waals surface area (Å²) in [5.41, 5.74) is 1.25. The molecule has 1 aliphatic rings. The van der Waals surface area contributed by atoms with Crippen LogP contribution < -0.4 is 10.1 Å². The summed E-state index contributed by atoms with van der Waals surface area (Å²) < 4.78 is 5.37. The average Bonchev–Trinajstić information content (AvgIpc) is 2.26. The van der Waals surface area contributed by atoms with Gasteiger partial charge in [-0.15, -0.1) is 0 Å². The molecule has 0 aliphatic heterocycles. The van der Waals surface area contributed by atoms with Crippen LogP contribution in [-0.4, -0.2) is 13.7 Å². The Bertz CT molecular complexity index is 333. The van der Waals surface area contributed by atoms with Crippen LogP contribution in [0.2, 0.25) is 0 Å². The van der Waals surface area contributed by atoms with E-state index in [1.807, 2.05) is 12.1 Å². The molecule has 0 heterocycles. The standard InChI is InChI=1S/C14H21NO/c1-11(15-10-12-6-5-7-12)13-8-3-4-9-14(13)16-2/h3-4,8-9,11-12,15H,5-7,10H2,1-2H3. The predicted molar refractivity (Wildman–Crippen MR) is 66.8 cm³/mol. The van der Waals surface area contributed by atoms with Crippen LogP contribution in [0.25, 0.3) is 0 Å². The summed E-state index contributed by atoms with van der Waals surface area (Å²) in [5, 5.41) is 3.60.